The molecule has 112 valence electrons. The maximum absolute atomic E-state index is 12.1. The molecular formula is C14H14BrNO5. The van der Waals surface area contributed by atoms with Gasteiger partial charge in [0.2, 0.25) is 0 Å². The highest BCUT2D eigenvalue weighted by Crippen LogP contribution is 2.39. The number of carboxylic acid groups (broad SMARTS) is 1. The van der Waals surface area contributed by atoms with Crippen LogP contribution in [0.5, 0.6) is 0 Å². The zero-order chi connectivity index (χ0) is 15.6. The first-order valence-electron chi connectivity index (χ1n) is 6.56. The molecule has 0 heterocycles. The molecule has 0 spiro atoms. The molecule has 6 nitrogen and oxygen atoms in total. The molecule has 0 bridgehead atoms. The standard InChI is InChI=1S/C14H14BrNO5/c15-11-7-10(16(20)21)5-4-9(11)8-14(13(18)19)6-2-1-3-12(14)17/h4-5,7H,1-3,6,8H2,(H,18,19). The van der Waals surface area contributed by atoms with E-state index < -0.39 is 16.3 Å². The second kappa shape index (κ2) is 5.93. The number of benzene rings is 1. The van der Waals surface area contributed by atoms with Crippen LogP contribution in [-0.2, 0) is 16.0 Å². The van der Waals surface area contributed by atoms with Crippen molar-refractivity contribution in [1.82, 2.24) is 0 Å². The molecular weight excluding hydrogens is 342 g/mol. The van der Waals surface area contributed by atoms with Crippen LogP contribution in [0.4, 0.5) is 5.69 Å². The summed E-state index contributed by atoms with van der Waals surface area (Å²) in [4.78, 5) is 34.0. The molecule has 0 saturated heterocycles. The Morgan fingerprint density at radius 1 is 1.43 bits per heavy atom. The number of carboxylic acids is 1. The summed E-state index contributed by atoms with van der Waals surface area (Å²) in [6, 6.07) is 4.16. The number of aliphatic carboxylic acids is 1. The fourth-order valence-corrected chi connectivity index (χ4v) is 3.20. The number of nitrogens with zero attached hydrogens (tertiary/aromatic N) is 1. The minimum Gasteiger partial charge on any atom is -0.480 e. The number of carbonyl (C=O) groups is 2. The maximum Gasteiger partial charge on any atom is 0.317 e. The molecule has 1 atom stereocenters. The molecule has 1 unspecified atom stereocenters. The smallest absolute Gasteiger partial charge is 0.317 e. The van der Waals surface area contributed by atoms with Gasteiger partial charge in [0, 0.05) is 23.0 Å². The third kappa shape index (κ3) is 2.97. The molecule has 2 rings (SSSR count). The number of carbonyl (C=O) groups excluding carboxylic acids is 1. The van der Waals surface area contributed by atoms with Crippen molar-refractivity contribution >= 4 is 33.4 Å². The van der Waals surface area contributed by atoms with Crippen LogP contribution in [0.25, 0.3) is 0 Å². The summed E-state index contributed by atoms with van der Waals surface area (Å²) in [6.07, 6.45) is 2.05. The van der Waals surface area contributed by atoms with Gasteiger partial charge in [0.05, 0.1) is 4.92 Å². The molecule has 1 aliphatic rings. The summed E-state index contributed by atoms with van der Waals surface area (Å²) >= 11 is 3.23. The quantitative estimate of drug-likeness (QED) is 0.508. The van der Waals surface area contributed by atoms with Gasteiger partial charge in [-0.05, 0) is 24.8 Å². The van der Waals surface area contributed by atoms with Crippen molar-refractivity contribution in [2.75, 3.05) is 0 Å². The zero-order valence-corrected chi connectivity index (χ0v) is 12.8. The Kier molecular flexibility index (Phi) is 4.41. The average molecular weight is 356 g/mol. The number of nitro groups is 1. The largest absolute Gasteiger partial charge is 0.480 e. The van der Waals surface area contributed by atoms with Gasteiger partial charge in [-0.1, -0.05) is 28.4 Å². The summed E-state index contributed by atoms with van der Waals surface area (Å²) in [5.41, 5.74) is -0.889. The minimum atomic E-state index is -1.41. The highest BCUT2D eigenvalue weighted by molar-refractivity contribution is 9.10. The summed E-state index contributed by atoms with van der Waals surface area (Å²) in [7, 11) is 0. The lowest BCUT2D eigenvalue weighted by Gasteiger charge is -2.31. The Morgan fingerprint density at radius 2 is 2.14 bits per heavy atom. The summed E-state index contributed by atoms with van der Waals surface area (Å²) in [6.45, 7) is 0. The molecule has 1 aromatic rings. The third-order valence-corrected chi connectivity index (χ3v) is 4.68. The predicted molar refractivity (Wildman–Crippen MR) is 78.0 cm³/mol. The van der Waals surface area contributed by atoms with Gasteiger partial charge in [0.25, 0.3) is 5.69 Å². The lowest BCUT2D eigenvalue weighted by atomic mass is 9.69. The van der Waals surface area contributed by atoms with E-state index in [9.17, 15) is 24.8 Å². The van der Waals surface area contributed by atoms with Crippen molar-refractivity contribution in [3.05, 3.63) is 38.3 Å². The molecule has 1 N–H and O–H groups in total. The number of non-ortho nitro benzene ring substituents is 1. The van der Waals surface area contributed by atoms with Crippen molar-refractivity contribution < 1.29 is 19.6 Å². The molecule has 1 fully saturated rings. The van der Waals surface area contributed by atoms with E-state index in [0.717, 1.165) is 6.42 Å². The molecule has 1 aromatic carbocycles. The molecule has 0 aromatic heterocycles. The fourth-order valence-electron chi connectivity index (χ4n) is 2.70. The zero-order valence-electron chi connectivity index (χ0n) is 11.2. The lowest BCUT2D eigenvalue weighted by molar-refractivity contribution is -0.384. The third-order valence-electron chi connectivity index (χ3n) is 3.94. The van der Waals surface area contributed by atoms with E-state index in [4.69, 9.17) is 0 Å². The highest BCUT2D eigenvalue weighted by atomic mass is 79.9. The Hall–Kier alpha value is -1.76. The van der Waals surface area contributed by atoms with Crippen molar-refractivity contribution in [3.63, 3.8) is 0 Å². The average Bonchev–Trinajstić information content (AvgIpc) is 2.43. The van der Waals surface area contributed by atoms with Crippen LogP contribution in [0.1, 0.15) is 31.2 Å². The van der Waals surface area contributed by atoms with E-state index in [2.05, 4.69) is 15.9 Å². The van der Waals surface area contributed by atoms with E-state index in [0.29, 0.717) is 22.9 Å². The Bertz CT molecular complexity index is 615. The SMILES string of the molecule is O=C(O)C1(Cc2ccc([N+](=O)[O-])cc2Br)CCCCC1=O. The number of ketones is 1. The second-order valence-corrected chi connectivity index (χ2v) is 6.08. The topological polar surface area (TPSA) is 97.5 Å². The van der Waals surface area contributed by atoms with Crippen LogP contribution >= 0.6 is 15.9 Å². The second-order valence-electron chi connectivity index (χ2n) is 5.23. The van der Waals surface area contributed by atoms with Gasteiger partial charge in [-0.2, -0.15) is 0 Å². The summed E-state index contributed by atoms with van der Waals surface area (Å²) in [5, 5.41) is 20.2. The number of halogens is 1. The van der Waals surface area contributed by atoms with Gasteiger partial charge in [-0.25, -0.2) is 0 Å². The van der Waals surface area contributed by atoms with Crippen LogP contribution in [0.15, 0.2) is 22.7 Å². The van der Waals surface area contributed by atoms with E-state index in [1.807, 2.05) is 0 Å². The summed E-state index contributed by atoms with van der Waals surface area (Å²) < 4.78 is 0.454. The highest BCUT2D eigenvalue weighted by Gasteiger charge is 2.47. The van der Waals surface area contributed by atoms with Gasteiger partial charge in [-0.3, -0.25) is 19.7 Å². The van der Waals surface area contributed by atoms with E-state index in [-0.39, 0.29) is 24.3 Å². The van der Waals surface area contributed by atoms with E-state index in [1.54, 1.807) is 0 Å². The number of Topliss-reactive ketones (excluding diaryl/α,β-unsaturated/α-hetero) is 1. The number of hydrogen-bond donors (Lipinski definition) is 1. The molecule has 0 radical (unpaired) electrons. The van der Waals surface area contributed by atoms with Crippen molar-refractivity contribution in [3.8, 4) is 0 Å². The Balaban J connectivity index is 2.36. The van der Waals surface area contributed by atoms with Gasteiger partial charge in [-0.15, -0.1) is 0 Å². The van der Waals surface area contributed by atoms with Crippen LogP contribution < -0.4 is 0 Å². The number of nitro benzene ring substituents is 1. The van der Waals surface area contributed by atoms with E-state index >= 15 is 0 Å². The van der Waals surface area contributed by atoms with Crippen LogP contribution in [0.3, 0.4) is 0 Å². The maximum atomic E-state index is 12.1. The molecule has 1 saturated carbocycles. The molecule has 0 amide bonds. The minimum absolute atomic E-state index is 0.0553. The number of hydrogen-bond acceptors (Lipinski definition) is 4. The van der Waals surface area contributed by atoms with Crippen molar-refractivity contribution in [2.24, 2.45) is 5.41 Å². The van der Waals surface area contributed by atoms with Crippen molar-refractivity contribution in [1.29, 1.82) is 0 Å². The van der Waals surface area contributed by atoms with Gasteiger partial charge < -0.3 is 5.11 Å². The summed E-state index contributed by atoms with van der Waals surface area (Å²) in [5.74, 6) is -1.37. The monoisotopic (exact) mass is 355 g/mol. The first-order valence-corrected chi connectivity index (χ1v) is 7.35. The Morgan fingerprint density at radius 3 is 2.67 bits per heavy atom. The van der Waals surface area contributed by atoms with Crippen LogP contribution in [-0.4, -0.2) is 21.8 Å². The normalized spacial score (nSPS) is 22.0. The number of rotatable bonds is 4. The van der Waals surface area contributed by atoms with Gasteiger partial charge in [0.15, 0.2) is 5.78 Å². The molecule has 0 aliphatic heterocycles. The molecule has 1 aliphatic carbocycles. The van der Waals surface area contributed by atoms with Gasteiger partial charge >= 0.3 is 5.97 Å². The fraction of sp³-hybridized carbons (Fsp3) is 0.429. The van der Waals surface area contributed by atoms with Crippen molar-refractivity contribution in [2.45, 2.75) is 32.1 Å². The van der Waals surface area contributed by atoms with E-state index in [1.165, 1.54) is 18.2 Å². The first-order chi connectivity index (χ1) is 9.86. The predicted octanol–water partition coefficient (Wildman–Crippen LogP) is 3.11. The van der Waals surface area contributed by atoms with Gasteiger partial charge in [0.1, 0.15) is 5.41 Å². The van der Waals surface area contributed by atoms with Crippen LogP contribution in [0.2, 0.25) is 0 Å². The molecule has 21 heavy (non-hydrogen) atoms. The lowest BCUT2D eigenvalue weighted by Crippen LogP contribution is -2.43. The first kappa shape index (κ1) is 15.6. The van der Waals surface area contributed by atoms with Crippen LogP contribution in [0, 0.1) is 15.5 Å². The molecule has 7 heteroatoms. The Labute approximate surface area is 129 Å².